The van der Waals surface area contributed by atoms with Crippen molar-refractivity contribution in [2.24, 2.45) is 0 Å². The van der Waals surface area contributed by atoms with E-state index in [0.29, 0.717) is 66.9 Å². The molecule has 0 amide bonds. The van der Waals surface area contributed by atoms with Crippen LogP contribution in [-0.2, 0) is 26.4 Å². The highest BCUT2D eigenvalue weighted by Gasteiger charge is 2.41. The van der Waals surface area contributed by atoms with Gasteiger partial charge in [0.05, 0.1) is 62.0 Å². The first-order valence-corrected chi connectivity index (χ1v) is 13.0. The Morgan fingerprint density at radius 1 is 0.486 bits per heavy atom. The van der Waals surface area contributed by atoms with E-state index in [2.05, 4.69) is 0 Å². The topological polar surface area (TPSA) is 127 Å². The van der Waals surface area contributed by atoms with Crippen LogP contribution in [0.4, 0.5) is 0 Å². The van der Waals surface area contributed by atoms with Gasteiger partial charge in [-0.3, -0.25) is 0 Å². The minimum Gasteiger partial charge on any atom is -0.497 e. The van der Waals surface area contributed by atoms with Crippen LogP contribution < -0.4 is 39.6 Å². The van der Waals surface area contributed by atoms with E-state index in [4.69, 9.17) is 23.7 Å². The van der Waals surface area contributed by atoms with Gasteiger partial charge in [0.25, 0.3) is 0 Å². The number of methoxy groups -OCH3 is 5. The lowest BCUT2D eigenvalue weighted by molar-refractivity contribution is 0.276. The molecule has 1 atom stereocenters. The van der Waals surface area contributed by atoms with Crippen LogP contribution in [0.15, 0.2) is 36.4 Å². The molecule has 9 nitrogen and oxygen atoms in total. The second-order valence-corrected chi connectivity index (χ2v) is 10.3. The summed E-state index contributed by atoms with van der Waals surface area (Å²) in [4.78, 5) is 0. The Balaban J connectivity index is 2.59. The molecule has 0 radical (unpaired) electrons. The third-order valence-corrected chi connectivity index (χ3v) is 9.34. The van der Waals surface area contributed by atoms with Gasteiger partial charge in [-0.05, 0) is 35.9 Å². The monoisotopic (exact) mass is 533 g/mol. The minimum absolute atomic E-state index is 0.227. The Morgan fingerprint density at radius 2 is 0.892 bits per heavy atom. The van der Waals surface area contributed by atoms with E-state index in [-0.39, 0.29) is 26.4 Å². The Labute approximate surface area is 217 Å². The van der Waals surface area contributed by atoms with Gasteiger partial charge in [0.15, 0.2) is 22.6 Å². The largest absolute Gasteiger partial charge is 0.497 e. The summed E-state index contributed by atoms with van der Waals surface area (Å²) in [6.45, 7) is -1.22. The van der Waals surface area contributed by atoms with Crippen LogP contribution in [0, 0.1) is 0 Å². The smallest absolute Gasteiger partial charge is 0.185 e. The molecule has 0 aromatic heterocycles. The fourth-order valence-electron chi connectivity index (χ4n) is 4.44. The van der Waals surface area contributed by atoms with E-state index < -0.39 is 7.92 Å². The summed E-state index contributed by atoms with van der Waals surface area (Å²) in [5.41, 5.74) is 2.20. The third-order valence-electron chi connectivity index (χ3n) is 6.13. The predicted octanol–water partition coefficient (Wildman–Crippen LogP) is 1.19. The van der Waals surface area contributed by atoms with Crippen molar-refractivity contribution in [3.63, 3.8) is 0 Å². The van der Waals surface area contributed by atoms with Crippen LogP contribution in [0.2, 0.25) is 0 Å². The number of hydrogen-bond acceptors (Lipinski definition) is 9. The summed E-state index contributed by atoms with van der Waals surface area (Å²) in [6, 6.07) is 10.3. The zero-order valence-corrected chi connectivity index (χ0v) is 22.6. The van der Waals surface area contributed by atoms with Gasteiger partial charge in [-0.1, -0.05) is 0 Å². The van der Waals surface area contributed by atoms with E-state index in [1.807, 2.05) is 0 Å². The van der Waals surface area contributed by atoms with E-state index in [0.717, 1.165) is 0 Å². The molecule has 0 aliphatic heterocycles. The molecule has 1 unspecified atom stereocenters. The van der Waals surface area contributed by atoms with E-state index in [9.17, 15) is 20.4 Å². The maximum Gasteiger partial charge on any atom is 0.185 e. The molecular weight excluding hydrogens is 499 g/mol. The molecule has 10 heteroatoms. The average molecular weight is 534 g/mol. The maximum atomic E-state index is 10.5. The second kappa shape index (κ2) is 12.9. The quantitative estimate of drug-likeness (QED) is 0.254. The van der Waals surface area contributed by atoms with Crippen LogP contribution in [0.3, 0.4) is 0 Å². The summed E-state index contributed by atoms with van der Waals surface area (Å²) < 4.78 is 28.2. The molecule has 4 N–H and O–H groups in total. The summed E-state index contributed by atoms with van der Waals surface area (Å²) in [7, 11) is 5.35. The highest BCUT2D eigenvalue weighted by atomic mass is 31.1. The van der Waals surface area contributed by atoms with Gasteiger partial charge in [-0.25, -0.2) is 0 Å². The van der Waals surface area contributed by atoms with Crippen molar-refractivity contribution in [1.82, 2.24) is 0 Å². The van der Waals surface area contributed by atoms with Crippen molar-refractivity contribution in [1.29, 1.82) is 0 Å². The maximum absolute atomic E-state index is 10.5. The van der Waals surface area contributed by atoms with Crippen molar-refractivity contribution in [2.75, 3.05) is 35.5 Å². The molecule has 0 aliphatic rings. The van der Waals surface area contributed by atoms with Crippen molar-refractivity contribution in [2.45, 2.75) is 26.4 Å². The zero-order valence-electron chi connectivity index (χ0n) is 21.6. The van der Waals surface area contributed by atoms with Crippen LogP contribution in [0.5, 0.6) is 28.7 Å². The van der Waals surface area contributed by atoms with Crippen molar-refractivity contribution in [3.05, 3.63) is 58.7 Å². The van der Waals surface area contributed by atoms with Gasteiger partial charge >= 0.3 is 0 Å². The minimum atomic E-state index is -2.25. The Kier molecular flexibility index (Phi) is 9.97. The predicted molar refractivity (Wildman–Crippen MR) is 143 cm³/mol. The number of aliphatic hydroxyl groups excluding tert-OH is 4. The number of benzene rings is 3. The molecule has 0 spiro atoms. The molecule has 3 aromatic rings. The van der Waals surface area contributed by atoms with E-state index >= 15 is 0 Å². The number of rotatable bonds is 12. The first-order valence-electron chi connectivity index (χ1n) is 11.5. The fraction of sp³-hybridized carbons (Fsp3) is 0.333. The molecule has 0 heterocycles. The number of ether oxygens (including phenoxy) is 5. The van der Waals surface area contributed by atoms with Crippen molar-refractivity contribution in [3.8, 4) is 28.7 Å². The Morgan fingerprint density at radius 3 is 1.27 bits per heavy atom. The van der Waals surface area contributed by atoms with Crippen LogP contribution >= 0.6 is 7.92 Å². The summed E-state index contributed by atoms with van der Waals surface area (Å²) >= 11 is 0. The molecule has 3 rings (SSSR count). The third kappa shape index (κ3) is 5.61. The van der Waals surface area contributed by atoms with E-state index in [1.54, 1.807) is 36.4 Å². The van der Waals surface area contributed by atoms with Gasteiger partial charge in [0.2, 0.25) is 0 Å². The SMILES string of the molecule is COc1cc(CO)c([PH+](c2c(CO)cc(OC)cc2OC)c2c(OC)cc(CO)cc2OC)c(CO)c1. The fourth-order valence-corrected chi connectivity index (χ4v) is 7.86. The molecule has 0 saturated heterocycles. The van der Waals surface area contributed by atoms with Crippen LogP contribution in [-0.4, -0.2) is 56.0 Å². The molecule has 37 heavy (non-hydrogen) atoms. The van der Waals surface area contributed by atoms with Gasteiger partial charge in [0, 0.05) is 22.8 Å². The lowest BCUT2D eigenvalue weighted by atomic mass is 10.1. The second-order valence-electron chi connectivity index (χ2n) is 8.07. The first kappa shape index (κ1) is 28.5. The first-order chi connectivity index (χ1) is 17.9. The molecule has 0 saturated carbocycles. The summed E-state index contributed by atoms with van der Waals surface area (Å²) in [5, 5.41) is 43.2. The van der Waals surface area contributed by atoms with Crippen molar-refractivity contribution < 1.29 is 44.1 Å². The van der Waals surface area contributed by atoms with Crippen LogP contribution in [0.25, 0.3) is 0 Å². The van der Waals surface area contributed by atoms with Crippen molar-refractivity contribution >= 4 is 23.8 Å². The Hall–Kier alpha value is -3.07. The van der Waals surface area contributed by atoms with Gasteiger partial charge < -0.3 is 44.1 Å². The lowest BCUT2D eigenvalue weighted by Gasteiger charge is -2.24. The van der Waals surface area contributed by atoms with E-state index in [1.165, 1.54) is 35.5 Å². The van der Waals surface area contributed by atoms with Gasteiger partial charge in [-0.15, -0.1) is 0 Å². The zero-order chi connectivity index (χ0) is 27.1. The molecule has 0 aliphatic carbocycles. The van der Waals surface area contributed by atoms with Gasteiger partial charge in [-0.2, -0.15) is 0 Å². The number of aliphatic hydroxyl groups is 4. The lowest BCUT2D eigenvalue weighted by Crippen LogP contribution is -2.31. The molecule has 3 aromatic carbocycles. The molecular formula is C27H34O9P+. The standard InChI is InChI=1S/C27H33O9P/c1-32-20-8-17(13-29)25(18(9-20)14-30)37(26-19(15-31)10-21(33-2)11-24(26)36-5)27-22(34-3)6-16(12-28)7-23(27)35-4/h6-11,28-31H,12-15H2,1-5H3/p+1. The highest BCUT2D eigenvalue weighted by molar-refractivity contribution is 7.80. The summed E-state index contributed by atoms with van der Waals surface area (Å²) in [5.74, 6) is 2.33. The Bertz CT molecular complexity index is 1000. The highest BCUT2D eigenvalue weighted by Crippen LogP contribution is 2.47. The van der Waals surface area contributed by atoms with Gasteiger partial charge in [0.1, 0.15) is 30.0 Å². The summed E-state index contributed by atoms with van der Waals surface area (Å²) in [6.07, 6.45) is 0. The normalized spacial score (nSPS) is 11.7. The molecule has 0 bridgehead atoms. The van der Waals surface area contributed by atoms with Crippen LogP contribution in [0.1, 0.15) is 22.3 Å². The average Bonchev–Trinajstić information content (AvgIpc) is 2.96. The molecule has 200 valence electrons. The molecule has 0 fully saturated rings. The number of hydrogen-bond donors (Lipinski definition) is 4.